The van der Waals surface area contributed by atoms with E-state index in [1.165, 1.54) is 0 Å². The summed E-state index contributed by atoms with van der Waals surface area (Å²) in [5.41, 5.74) is 1.74. The lowest BCUT2D eigenvalue weighted by molar-refractivity contribution is 0.404. The summed E-state index contributed by atoms with van der Waals surface area (Å²) in [6.45, 7) is 3.73. The van der Waals surface area contributed by atoms with Gasteiger partial charge in [0.15, 0.2) is 0 Å². The largest absolute Gasteiger partial charge is 0.598 e. The molecule has 2 rings (SSSR count). The third kappa shape index (κ3) is 4.16. The fourth-order valence-corrected chi connectivity index (χ4v) is 3.39. The van der Waals surface area contributed by atoms with Gasteiger partial charge < -0.3 is 9.29 Å². The molecule has 0 spiro atoms. The van der Waals surface area contributed by atoms with E-state index < -0.39 is 16.1 Å². The van der Waals surface area contributed by atoms with Gasteiger partial charge in [0.05, 0.1) is 17.2 Å². The van der Waals surface area contributed by atoms with Crippen LogP contribution in [0.2, 0.25) is 10.0 Å². The van der Waals surface area contributed by atoms with Crippen molar-refractivity contribution in [2.24, 2.45) is 5.14 Å². The van der Waals surface area contributed by atoms with Crippen molar-refractivity contribution in [2.75, 3.05) is 7.11 Å². The summed E-state index contributed by atoms with van der Waals surface area (Å²) >= 11 is 11.2. The third-order valence-electron chi connectivity index (χ3n) is 4.01. The number of halogens is 2. The fourth-order valence-electron chi connectivity index (χ4n) is 2.61. The minimum absolute atomic E-state index is 0.184. The van der Waals surface area contributed by atoms with Crippen molar-refractivity contribution in [3.63, 3.8) is 0 Å². The van der Waals surface area contributed by atoms with Crippen molar-refractivity contribution >= 4 is 34.6 Å². The standard InChI is InChI=1S/C17H20Cl2N2O2S/c1-17(2,24(20)22)10-12(11-6-8-21-9-7-11)15-14(23-3)5-4-13(18)16(15)19/h4-9,12H,10,20H2,1-3H3. The van der Waals surface area contributed by atoms with Gasteiger partial charge in [0.25, 0.3) is 0 Å². The Kier molecular flexibility index (Phi) is 6.39. The van der Waals surface area contributed by atoms with Gasteiger partial charge in [-0.2, -0.15) is 5.14 Å². The fraction of sp³-hybridized carbons (Fsp3) is 0.353. The number of nitrogens with two attached hydrogens (primary N) is 1. The van der Waals surface area contributed by atoms with E-state index in [1.807, 2.05) is 26.0 Å². The van der Waals surface area contributed by atoms with Gasteiger partial charge in [-0.25, -0.2) is 0 Å². The van der Waals surface area contributed by atoms with Crippen LogP contribution in [-0.2, 0) is 11.4 Å². The summed E-state index contributed by atoms with van der Waals surface area (Å²) in [5.74, 6) is 0.446. The molecule has 130 valence electrons. The molecule has 0 bridgehead atoms. The first-order chi connectivity index (χ1) is 11.3. The average molecular weight is 387 g/mol. The smallest absolute Gasteiger partial charge is 0.140 e. The van der Waals surface area contributed by atoms with Crippen molar-refractivity contribution < 1.29 is 9.29 Å². The molecule has 1 aromatic heterocycles. The van der Waals surface area contributed by atoms with Gasteiger partial charge in [0.2, 0.25) is 0 Å². The Balaban J connectivity index is 2.62. The Morgan fingerprint density at radius 2 is 1.88 bits per heavy atom. The van der Waals surface area contributed by atoms with Crippen molar-refractivity contribution in [3.05, 3.63) is 57.8 Å². The van der Waals surface area contributed by atoms with E-state index in [0.717, 1.165) is 11.1 Å². The molecule has 0 aliphatic heterocycles. The molecule has 0 aliphatic carbocycles. The average Bonchev–Trinajstić information content (AvgIpc) is 2.56. The lowest BCUT2D eigenvalue weighted by atomic mass is 9.84. The number of nitrogens with zero attached hydrogens (tertiary/aromatic N) is 1. The summed E-state index contributed by atoms with van der Waals surface area (Å²) in [5, 5.41) is 6.55. The van der Waals surface area contributed by atoms with E-state index in [0.29, 0.717) is 22.2 Å². The van der Waals surface area contributed by atoms with E-state index in [1.54, 1.807) is 31.6 Å². The van der Waals surface area contributed by atoms with Gasteiger partial charge in [-0.05, 0) is 43.7 Å². The normalized spacial score (nSPS) is 14.3. The Morgan fingerprint density at radius 1 is 1.25 bits per heavy atom. The molecule has 2 unspecified atom stereocenters. The number of hydrogen-bond donors (Lipinski definition) is 1. The van der Waals surface area contributed by atoms with Crippen LogP contribution < -0.4 is 9.88 Å². The zero-order valence-electron chi connectivity index (χ0n) is 13.8. The van der Waals surface area contributed by atoms with Crippen LogP contribution in [-0.4, -0.2) is 21.4 Å². The minimum atomic E-state index is -1.50. The molecule has 0 saturated heterocycles. The highest BCUT2D eigenvalue weighted by atomic mass is 35.5. The predicted molar refractivity (Wildman–Crippen MR) is 100 cm³/mol. The molecular weight excluding hydrogens is 367 g/mol. The summed E-state index contributed by atoms with van der Waals surface area (Å²) in [4.78, 5) is 4.06. The number of benzene rings is 1. The Bertz CT molecular complexity index is 696. The molecule has 2 N–H and O–H groups in total. The van der Waals surface area contributed by atoms with Crippen LogP contribution in [0.1, 0.15) is 37.3 Å². The van der Waals surface area contributed by atoms with Crippen LogP contribution in [0, 0.1) is 0 Å². The molecule has 7 heteroatoms. The lowest BCUT2D eigenvalue weighted by Crippen LogP contribution is -2.39. The van der Waals surface area contributed by atoms with Crippen LogP contribution in [0.3, 0.4) is 0 Å². The van der Waals surface area contributed by atoms with Crippen LogP contribution in [0.5, 0.6) is 5.75 Å². The molecule has 0 fully saturated rings. The summed E-state index contributed by atoms with van der Waals surface area (Å²) in [7, 11) is 1.58. The van der Waals surface area contributed by atoms with Gasteiger partial charge in [0.1, 0.15) is 10.5 Å². The zero-order valence-corrected chi connectivity index (χ0v) is 16.1. The Labute approximate surface area is 155 Å². The summed E-state index contributed by atoms with van der Waals surface area (Å²) in [6.07, 6.45) is 3.93. The van der Waals surface area contributed by atoms with Crippen LogP contribution in [0.4, 0.5) is 0 Å². The molecule has 2 atom stereocenters. The SMILES string of the molecule is COc1ccc(Cl)c(Cl)c1C(CC(C)(C)[S+](N)[O-])c1ccncc1. The Hall–Kier alpha value is -0.980. The molecule has 0 aliphatic rings. The van der Waals surface area contributed by atoms with E-state index in [2.05, 4.69) is 4.98 Å². The van der Waals surface area contributed by atoms with E-state index in [-0.39, 0.29) is 5.92 Å². The molecule has 4 nitrogen and oxygen atoms in total. The molecule has 1 aromatic carbocycles. The van der Waals surface area contributed by atoms with Gasteiger partial charge in [-0.15, -0.1) is 0 Å². The highest BCUT2D eigenvalue weighted by molar-refractivity contribution is 7.90. The maximum absolute atomic E-state index is 12.0. The summed E-state index contributed by atoms with van der Waals surface area (Å²) in [6, 6.07) is 7.28. The van der Waals surface area contributed by atoms with E-state index >= 15 is 0 Å². The van der Waals surface area contributed by atoms with Crippen LogP contribution >= 0.6 is 23.2 Å². The molecule has 0 radical (unpaired) electrons. The first-order valence-corrected chi connectivity index (χ1v) is 9.33. The number of methoxy groups -OCH3 is 1. The first-order valence-electron chi connectivity index (χ1n) is 7.36. The van der Waals surface area contributed by atoms with E-state index in [9.17, 15) is 4.55 Å². The monoisotopic (exact) mass is 386 g/mol. The molecule has 2 aromatic rings. The molecule has 1 heterocycles. The Morgan fingerprint density at radius 3 is 2.42 bits per heavy atom. The molecular formula is C17H20Cl2N2O2S. The van der Waals surface area contributed by atoms with Crippen LogP contribution in [0.15, 0.2) is 36.7 Å². The highest BCUT2D eigenvalue weighted by Gasteiger charge is 2.36. The zero-order chi connectivity index (χ0) is 17.9. The third-order valence-corrected chi connectivity index (χ3v) is 6.08. The van der Waals surface area contributed by atoms with Crippen molar-refractivity contribution in [1.29, 1.82) is 0 Å². The number of rotatable bonds is 6. The van der Waals surface area contributed by atoms with Crippen molar-refractivity contribution in [3.8, 4) is 5.75 Å². The number of pyridine rings is 1. The topological polar surface area (TPSA) is 71.2 Å². The first kappa shape index (κ1) is 19.3. The second-order valence-corrected chi connectivity index (χ2v) is 8.56. The number of hydrogen-bond acceptors (Lipinski definition) is 4. The molecule has 24 heavy (non-hydrogen) atoms. The molecule has 0 saturated carbocycles. The van der Waals surface area contributed by atoms with Gasteiger partial charge in [-0.1, -0.05) is 23.2 Å². The minimum Gasteiger partial charge on any atom is -0.598 e. The lowest BCUT2D eigenvalue weighted by Gasteiger charge is -2.30. The van der Waals surface area contributed by atoms with E-state index in [4.69, 9.17) is 33.1 Å². The van der Waals surface area contributed by atoms with Gasteiger partial charge >= 0.3 is 0 Å². The maximum Gasteiger partial charge on any atom is 0.140 e. The number of aromatic nitrogens is 1. The second-order valence-electron chi connectivity index (χ2n) is 6.07. The predicted octanol–water partition coefficient (Wildman–Crippen LogP) is 4.32. The van der Waals surface area contributed by atoms with Gasteiger partial charge in [0, 0.05) is 41.7 Å². The van der Waals surface area contributed by atoms with Crippen molar-refractivity contribution in [2.45, 2.75) is 30.9 Å². The second kappa shape index (κ2) is 7.93. The van der Waals surface area contributed by atoms with Crippen molar-refractivity contribution in [1.82, 2.24) is 4.98 Å². The van der Waals surface area contributed by atoms with Gasteiger partial charge in [-0.3, -0.25) is 4.98 Å². The maximum atomic E-state index is 12.0. The quantitative estimate of drug-likeness (QED) is 0.750. The van der Waals surface area contributed by atoms with Crippen LogP contribution in [0.25, 0.3) is 0 Å². The highest BCUT2D eigenvalue weighted by Crippen LogP contribution is 2.44. The summed E-state index contributed by atoms with van der Waals surface area (Å²) < 4.78 is 16.8. The molecule has 0 amide bonds. The number of ether oxygens (including phenoxy) is 1.